The number of likely N-dealkylation sites (tertiary alicyclic amines) is 1. The third-order valence-corrected chi connectivity index (χ3v) is 6.61. The van der Waals surface area contributed by atoms with Gasteiger partial charge in [-0.1, -0.05) is 6.07 Å². The summed E-state index contributed by atoms with van der Waals surface area (Å²) in [6.45, 7) is 3.63. The van der Waals surface area contributed by atoms with Crippen LogP contribution in [0, 0.1) is 0 Å². The Bertz CT molecular complexity index is 1200. The second kappa shape index (κ2) is 8.99. The summed E-state index contributed by atoms with van der Waals surface area (Å²) in [5.41, 5.74) is 0.0212. The quantitative estimate of drug-likeness (QED) is 0.505. The van der Waals surface area contributed by atoms with Crippen molar-refractivity contribution in [3.8, 4) is 5.75 Å². The SMILES string of the molecule is COc1cc2nn(C3CCN(C4COC4)CC3)cc2cc1CC(=O)c1cccc(C(F)(F)F)n1. The van der Waals surface area contributed by atoms with Crippen LogP contribution in [0.5, 0.6) is 5.75 Å². The lowest BCUT2D eigenvalue weighted by Crippen LogP contribution is -2.51. The molecule has 3 aromatic rings. The van der Waals surface area contributed by atoms with Crippen LogP contribution in [0.15, 0.2) is 36.5 Å². The number of nitrogens with zero attached hydrogens (tertiary/aromatic N) is 4. The van der Waals surface area contributed by atoms with Crippen molar-refractivity contribution in [1.82, 2.24) is 19.7 Å². The molecular formula is C24H25F3N4O3. The van der Waals surface area contributed by atoms with Crippen LogP contribution < -0.4 is 4.74 Å². The molecule has 2 saturated heterocycles. The number of alkyl halides is 3. The Morgan fingerprint density at radius 2 is 1.94 bits per heavy atom. The Kier molecular flexibility index (Phi) is 6.03. The number of ketones is 1. The van der Waals surface area contributed by atoms with Crippen LogP contribution in [0.4, 0.5) is 13.2 Å². The molecule has 180 valence electrons. The molecule has 0 bridgehead atoms. The average Bonchev–Trinajstić information content (AvgIpc) is 3.20. The van der Waals surface area contributed by atoms with E-state index in [1.165, 1.54) is 19.2 Å². The normalized spacial score (nSPS) is 18.2. The van der Waals surface area contributed by atoms with Gasteiger partial charge in [0.15, 0.2) is 5.78 Å². The van der Waals surface area contributed by atoms with Crippen LogP contribution in [0.25, 0.3) is 10.9 Å². The van der Waals surface area contributed by atoms with E-state index in [9.17, 15) is 18.0 Å². The number of ether oxygens (including phenoxy) is 2. The van der Waals surface area contributed by atoms with Crippen molar-refractivity contribution >= 4 is 16.7 Å². The number of halogens is 3. The maximum Gasteiger partial charge on any atom is 0.433 e. The fourth-order valence-electron chi connectivity index (χ4n) is 4.60. The standard InChI is InChI=1S/C24H25F3N4O3/c1-33-22-11-20-16(12-31(29-20)17-5-7-30(8-6-17)18-13-34-14-18)9-15(22)10-21(32)19-3-2-4-23(28-19)24(25,26)27/h2-4,9,11-12,17-18H,5-8,10,13-14H2,1H3. The molecule has 1 aromatic carbocycles. The van der Waals surface area contributed by atoms with Gasteiger partial charge in [0.1, 0.15) is 17.1 Å². The number of Topliss-reactive ketones (excluding diaryl/α,β-unsaturated/α-hetero) is 1. The minimum atomic E-state index is -4.61. The second-order valence-electron chi connectivity index (χ2n) is 8.80. The fourth-order valence-corrected chi connectivity index (χ4v) is 4.60. The molecule has 2 aliphatic rings. The summed E-state index contributed by atoms with van der Waals surface area (Å²) in [7, 11) is 1.49. The van der Waals surface area contributed by atoms with E-state index in [1.807, 2.05) is 16.9 Å². The Balaban J connectivity index is 1.34. The number of methoxy groups -OCH3 is 1. The molecule has 2 aromatic heterocycles. The highest BCUT2D eigenvalue weighted by molar-refractivity contribution is 5.97. The van der Waals surface area contributed by atoms with E-state index in [2.05, 4.69) is 9.88 Å². The van der Waals surface area contributed by atoms with Crippen molar-refractivity contribution < 1.29 is 27.4 Å². The molecule has 0 atom stereocenters. The average molecular weight is 474 g/mol. The van der Waals surface area contributed by atoms with Gasteiger partial charge in [-0.15, -0.1) is 0 Å². The lowest BCUT2D eigenvalue weighted by molar-refractivity contribution is -0.141. The molecule has 7 nitrogen and oxygen atoms in total. The molecule has 34 heavy (non-hydrogen) atoms. The number of piperidine rings is 1. The van der Waals surface area contributed by atoms with Crippen LogP contribution >= 0.6 is 0 Å². The van der Waals surface area contributed by atoms with Gasteiger partial charge in [-0.3, -0.25) is 14.4 Å². The number of carbonyl (C=O) groups is 1. The van der Waals surface area contributed by atoms with Crippen molar-refractivity contribution in [3.63, 3.8) is 0 Å². The summed E-state index contributed by atoms with van der Waals surface area (Å²) >= 11 is 0. The second-order valence-corrected chi connectivity index (χ2v) is 8.80. The molecule has 0 unspecified atom stereocenters. The third-order valence-electron chi connectivity index (χ3n) is 6.61. The Hall–Kier alpha value is -2.98. The van der Waals surface area contributed by atoms with E-state index >= 15 is 0 Å². The summed E-state index contributed by atoms with van der Waals surface area (Å²) < 4.78 is 51.7. The van der Waals surface area contributed by atoms with Crippen LogP contribution in [0.1, 0.15) is 40.6 Å². The fraction of sp³-hybridized carbons (Fsp3) is 0.458. The molecule has 2 fully saturated rings. The third kappa shape index (κ3) is 4.52. The summed E-state index contributed by atoms with van der Waals surface area (Å²) in [6.07, 6.45) is -0.774. The predicted molar refractivity (Wildman–Crippen MR) is 118 cm³/mol. The Labute approximate surface area is 194 Å². The molecule has 0 N–H and O–H groups in total. The van der Waals surface area contributed by atoms with Gasteiger partial charge in [-0.05, 0) is 31.0 Å². The van der Waals surface area contributed by atoms with Gasteiger partial charge in [-0.2, -0.15) is 18.3 Å². The first-order chi connectivity index (χ1) is 16.3. The van der Waals surface area contributed by atoms with Crippen LogP contribution in [0.2, 0.25) is 0 Å². The first-order valence-electron chi connectivity index (χ1n) is 11.3. The van der Waals surface area contributed by atoms with Gasteiger partial charge in [0.05, 0.1) is 37.9 Å². The molecule has 0 aliphatic carbocycles. The Morgan fingerprint density at radius 1 is 1.18 bits per heavy atom. The van der Waals surface area contributed by atoms with Gasteiger partial charge in [0, 0.05) is 42.7 Å². The van der Waals surface area contributed by atoms with Gasteiger partial charge >= 0.3 is 6.18 Å². The van der Waals surface area contributed by atoms with E-state index in [1.54, 1.807) is 6.07 Å². The van der Waals surface area contributed by atoms with Crippen LogP contribution in [-0.2, 0) is 17.3 Å². The summed E-state index contributed by atoms with van der Waals surface area (Å²) in [5, 5.41) is 5.59. The zero-order chi connectivity index (χ0) is 23.9. The number of fused-ring (bicyclic) bond motifs is 1. The highest BCUT2D eigenvalue weighted by Crippen LogP contribution is 2.31. The number of benzene rings is 1. The number of hydrogen-bond acceptors (Lipinski definition) is 6. The predicted octanol–water partition coefficient (Wildman–Crippen LogP) is 3.92. The largest absolute Gasteiger partial charge is 0.496 e. The van der Waals surface area contributed by atoms with Crippen molar-refractivity contribution in [3.05, 3.63) is 53.5 Å². The van der Waals surface area contributed by atoms with E-state index in [4.69, 9.17) is 14.6 Å². The highest BCUT2D eigenvalue weighted by atomic mass is 19.4. The molecule has 5 rings (SSSR count). The lowest BCUT2D eigenvalue weighted by atomic mass is 10.0. The number of aromatic nitrogens is 3. The summed E-state index contributed by atoms with van der Waals surface area (Å²) in [4.78, 5) is 18.7. The summed E-state index contributed by atoms with van der Waals surface area (Å²) in [6, 6.07) is 7.75. The topological polar surface area (TPSA) is 69.5 Å². The minimum Gasteiger partial charge on any atom is -0.496 e. The number of hydrogen-bond donors (Lipinski definition) is 0. The zero-order valence-electron chi connectivity index (χ0n) is 18.7. The lowest BCUT2D eigenvalue weighted by Gasteiger charge is -2.41. The van der Waals surface area contributed by atoms with Gasteiger partial charge < -0.3 is 9.47 Å². The van der Waals surface area contributed by atoms with E-state index in [-0.39, 0.29) is 18.2 Å². The molecular weight excluding hydrogens is 449 g/mol. The summed E-state index contributed by atoms with van der Waals surface area (Å²) in [5.74, 6) is -0.0404. The van der Waals surface area contributed by atoms with E-state index in [0.29, 0.717) is 17.4 Å². The van der Waals surface area contributed by atoms with Crippen molar-refractivity contribution in [2.24, 2.45) is 0 Å². The smallest absolute Gasteiger partial charge is 0.433 e. The molecule has 0 spiro atoms. The van der Waals surface area contributed by atoms with Crippen LogP contribution in [-0.4, -0.2) is 64.9 Å². The number of rotatable bonds is 6. The van der Waals surface area contributed by atoms with E-state index < -0.39 is 17.7 Å². The molecule has 10 heteroatoms. The van der Waals surface area contributed by atoms with Crippen LogP contribution in [0.3, 0.4) is 0 Å². The van der Waals surface area contributed by atoms with Crippen molar-refractivity contribution in [1.29, 1.82) is 0 Å². The Morgan fingerprint density at radius 3 is 2.59 bits per heavy atom. The van der Waals surface area contributed by atoms with Gasteiger partial charge in [-0.25, -0.2) is 4.98 Å². The maximum absolute atomic E-state index is 13.0. The zero-order valence-corrected chi connectivity index (χ0v) is 18.7. The first kappa shape index (κ1) is 22.8. The maximum atomic E-state index is 13.0. The van der Waals surface area contributed by atoms with E-state index in [0.717, 1.165) is 56.1 Å². The molecule has 0 radical (unpaired) electrons. The monoisotopic (exact) mass is 474 g/mol. The van der Waals surface area contributed by atoms with Crippen molar-refractivity contribution in [2.45, 2.75) is 37.5 Å². The van der Waals surface area contributed by atoms with Gasteiger partial charge in [0.25, 0.3) is 0 Å². The number of carbonyl (C=O) groups excluding carboxylic acids is 1. The molecule has 0 amide bonds. The molecule has 0 saturated carbocycles. The number of pyridine rings is 1. The molecule has 2 aliphatic heterocycles. The van der Waals surface area contributed by atoms with Crippen molar-refractivity contribution in [2.75, 3.05) is 33.4 Å². The highest BCUT2D eigenvalue weighted by Gasteiger charge is 2.33. The van der Waals surface area contributed by atoms with Gasteiger partial charge in [0.2, 0.25) is 0 Å². The minimum absolute atomic E-state index is 0.125. The molecule has 4 heterocycles. The first-order valence-corrected chi connectivity index (χ1v) is 11.3.